The second-order valence-electron chi connectivity index (χ2n) is 4.16. The molecule has 1 aromatic heterocycles. The van der Waals surface area contributed by atoms with E-state index in [-0.39, 0.29) is 11.7 Å². The molecule has 4 heteroatoms. The molecular formula is C11H19N3O. The van der Waals surface area contributed by atoms with Crippen LogP contribution < -0.4 is 5.73 Å². The second-order valence-corrected chi connectivity index (χ2v) is 4.16. The molecule has 1 atom stereocenters. The van der Waals surface area contributed by atoms with Gasteiger partial charge in [-0.1, -0.05) is 6.92 Å². The van der Waals surface area contributed by atoms with Crippen molar-refractivity contribution in [2.24, 2.45) is 18.7 Å². The Kier molecular flexibility index (Phi) is 4.03. The first-order chi connectivity index (χ1) is 7.02. The van der Waals surface area contributed by atoms with E-state index in [1.54, 1.807) is 4.68 Å². The van der Waals surface area contributed by atoms with Gasteiger partial charge in [0.05, 0.1) is 5.69 Å². The summed E-state index contributed by atoms with van der Waals surface area (Å²) in [4.78, 5) is 11.6. The number of nitrogens with two attached hydrogens (primary N) is 1. The number of Topliss-reactive ketones (excluding diaryl/α,β-unsaturated/α-hetero) is 1. The van der Waals surface area contributed by atoms with Crippen LogP contribution in [-0.4, -0.2) is 22.1 Å². The third-order valence-corrected chi connectivity index (χ3v) is 2.46. The molecule has 1 aromatic rings. The molecule has 0 bridgehead atoms. The number of rotatable bonds is 5. The van der Waals surface area contributed by atoms with Crippen molar-refractivity contribution in [2.75, 3.05) is 6.54 Å². The first-order valence-electron chi connectivity index (χ1n) is 5.24. The maximum Gasteiger partial charge on any atom is 0.139 e. The molecule has 1 unspecified atom stereocenters. The quantitative estimate of drug-likeness (QED) is 0.781. The van der Waals surface area contributed by atoms with E-state index in [1.807, 2.05) is 27.0 Å². The fraction of sp³-hybridized carbons (Fsp3) is 0.636. The normalized spacial score (nSPS) is 12.8. The minimum Gasteiger partial charge on any atom is -0.330 e. The third kappa shape index (κ3) is 3.47. The summed E-state index contributed by atoms with van der Waals surface area (Å²) in [5.41, 5.74) is 7.40. The molecule has 0 fully saturated rings. The molecule has 15 heavy (non-hydrogen) atoms. The zero-order valence-electron chi connectivity index (χ0n) is 9.66. The van der Waals surface area contributed by atoms with Gasteiger partial charge in [-0.05, 0) is 25.5 Å². The van der Waals surface area contributed by atoms with Crippen molar-refractivity contribution in [2.45, 2.75) is 26.7 Å². The van der Waals surface area contributed by atoms with Crippen LogP contribution in [0.4, 0.5) is 0 Å². The number of nitrogens with zero attached hydrogens (tertiary/aromatic N) is 2. The van der Waals surface area contributed by atoms with Gasteiger partial charge in [-0.2, -0.15) is 5.10 Å². The van der Waals surface area contributed by atoms with Crippen LogP contribution >= 0.6 is 0 Å². The zero-order chi connectivity index (χ0) is 11.4. The van der Waals surface area contributed by atoms with Crippen molar-refractivity contribution < 1.29 is 4.79 Å². The molecule has 0 radical (unpaired) electrons. The van der Waals surface area contributed by atoms with Gasteiger partial charge in [-0.25, -0.2) is 0 Å². The summed E-state index contributed by atoms with van der Waals surface area (Å²) in [6.07, 6.45) is 1.02. The largest absolute Gasteiger partial charge is 0.330 e. The summed E-state index contributed by atoms with van der Waals surface area (Å²) >= 11 is 0. The Balaban J connectivity index is 2.55. The van der Waals surface area contributed by atoms with E-state index >= 15 is 0 Å². The van der Waals surface area contributed by atoms with Gasteiger partial charge in [0.15, 0.2) is 0 Å². The van der Waals surface area contributed by atoms with E-state index in [0.29, 0.717) is 19.4 Å². The van der Waals surface area contributed by atoms with Crippen molar-refractivity contribution in [3.05, 3.63) is 17.5 Å². The summed E-state index contributed by atoms with van der Waals surface area (Å²) in [7, 11) is 1.86. The molecule has 1 rings (SSSR count). The fourth-order valence-corrected chi connectivity index (χ4v) is 1.58. The number of hydrogen-bond acceptors (Lipinski definition) is 3. The number of aromatic nitrogens is 2. The lowest BCUT2D eigenvalue weighted by Gasteiger charge is -2.06. The minimum atomic E-state index is 0.232. The van der Waals surface area contributed by atoms with Gasteiger partial charge in [0.1, 0.15) is 5.78 Å². The average Bonchev–Trinajstić information content (AvgIpc) is 2.44. The average molecular weight is 209 g/mol. The predicted molar refractivity (Wildman–Crippen MR) is 59.5 cm³/mol. The second kappa shape index (κ2) is 5.07. The Hall–Kier alpha value is -1.16. The minimum absolute atomic E-state index is 0.232. The van der Waals surface area contributed by atoms with Crippen molar-refractivity contribution in [3.8, 4) is 0 Å². The van der Waals surface area contributed by atoms with Crippen molar-refractivity contribution in [3.63, 3.8) is 0 Å². The van der Waals surface area contributed by atoms with Gasteiger partial charge < -0.3 is 5.73 Å². The lowest BCUT2D eigenvalue weighted by molar-refractivity contribution is -0.119. The number of hydrogen-bond donors (Lipinski definition) is 1. The molecule has 84 valence electrons. The number of carbonyl (C=O) groups is 1. The zero-order valence-corrected chi connectivity index (χ0v) is 9.66. The van der Waals surface area contributed by atoms with Gasteiger partial charge in [-0.3, -0.25) is 9.48 Å². The molecule has 0 aliphatic carbocycles. The van der Waals surface area contributed by atoms with Crippen molar-refractivity contribution in [1.82, 2.24) is 9.78 Å². The van der Waals surface area contributed by atoms with E-state index in [9.17, 15) is 4.79 Å². The lowest BCUT2D eigenvalue weighted by atomic mass is 10.0. The van der Waals surface area contributed by atoms with Crippen LogP contribution in [0.2, 0.25) is 0 Å². The standard InChI is InChI=1S/C11H19N3O/c1-8(7-12)4-11(15)6-10-5-9(2)13-14(10)3/h5,8H,4,6-7,12H2,1-3H3. The summed E-state index contributed by atoms with van der Waals surface area (Å²) in [5, 5.41) is 4.20. The summed E-state index contributed by atoms with van der Waals surface area (Å²) in [6.45, 7) is 4.49. The Morgan fingerprint density at radius 3 is 2.80 bits per heavy atom. The van der Waals surface area contributed by atoms with Crippen molar-refractivity contribution in [1.29, 1.82) is 0 Å². The Labute approximate surface area is 90.5 Å². The maximum absolute atomic E-state index is 11.6. The molecule has 0 aliphatic rings. The monoisotopic (exact) mass is 209 g/mol. The van der Waals surface area contributed by atoms with E-state index in [1.165, 1.54) is 0 Å². The maximum atomic E-state index is 11.6. The van der Waals surface area contributed by atoms with Gasteiger partial charge >= 0.3 is 0 Å². The topological polar surface area (TPSA) is 60.9 Å². The smallest absolute Gasteiger partial charge is 0.139 e. The molecule has 0 saturated carbocycles. The Morgan fingerprint density at radius 2 is 2.33 bits per heavy atom. The first kappa shape index (κ1) is 11.9. The molecule has 0 spiro atoms. The van der Waals surface area contributed by atoms with E-state index in [0.717, 1.165) is 11.4 Å². The van der Waals surface area contributed by atoms with Crippen molar-refractivity contribution >= 4 is 5.78 Å². The van der Waals surface area contributed by atoms with Crippen LogP contribution in [0.25, 0.3) is 0 Å². The van der Waals surface area contributed by atoms with E-state index < -0.39 is 0 Å². The SMILES string of the molecule is Cc1cc(CC(=O)CC(C)CN)n(C)n1. The highest BCUT2D eigenvalue weighted by atomic mass is 16.1. The van der Waals surface area contributed by atoms with Crippen LogP contribution in [0, 0.1) is 12.8 Å². The molecule has 0 aromatic carbocycles. The summed E-state index contributed by atoms with van der Waals surface area (Å²) in [6, 6.07) is 1.95. The third-order valence-electron chi connectivity index (χ3n) is 2.46. The Morgan fingerprint density at radius 1 is 1.67 bits per heavy atom. The highest BCUT2D eigenvalue weighted by Gasteiger charge is 2.11. The molecule has 0 saturated heterocycles. The van der Waals surface area contributed by atoms with Gasteiger partial charge in [0, 0.05) is 25.6 Å². The molecule has 4 nitrogen and oxygen atoms in total. The lowest BCUT2D eigenvalue weighted by Crippen LogP contribution is -2.17. The van der Waals surface area contributed by atoms with Crippen LogP contribution in [-0.2, 0) is 18.3 Å². The van der Waals surface area contributed by atoms with Gasteiger partial charge in [0.2, 0.25) is 0 Å². The molecule has 2 N–H and O–H groups in total. The summed E-state index contributed by atoms with van der Waals surface area (Å²) < 4.78 is 1.76. The van der Waals surface area contributed by atoms with Crippen LogP contribution in [0.15, 0.2) is 6.07 Å². The molecule has 1 heterocycles. The van der Waals surface area contributed by atoms with Gasteiger partial charge in [-0.15, -0.1) is 0 Å². The summed E-state index contributed by atoms with van der Waals surface area (Å²) in [5.74, 6) is 0.503. The van der Waals surface area contributed by atoms with Crippen LogP contribution in [0.3, 0.4) is 0 Å². The number of carbonyl (C=O) groups excluding carboxylic acids is 1. The predicted octanol–water partition coefficient (Wildman–Crippen LogP) is 0.825. The first-order valence-corrected chi connectivity index (χ1v) is 5.24. The fourth-order valence-electron chi connectivity index (χ4n) is 1.58. The van der Waals surface area contributed by atoms with Gasteiger partial charge in [0.25, 0.3) is 0 Å². The molecule has 0 aliphatic heterocycles. The molecular weight excluding hydrogens is 190 g/mol. The Bertz CT molecular complexity index is 344. The van der Waals surface area contributed by atoms with E-state index in [2.05, 4.69) is 5.10 Å². The highest BCUT2D eigenvalue weighted by molar-refractivity contribution is 5.80. The van der Waals surface area contributed by atoms with Crippen LogP contribution in [0.1, 0.15) is 24.7 Å². The highest BCUT2D eigenvalue weighted by Crippen LogP contribution is 2.07. The van der Waals surface area contributed by atoms with E-state index in [4.69, 9.17) is 5.73 Å². The number of ketones is 1. The van der Waals surface area contributed by atoms with Crippen LogP contribution in [0.5, 0.6) is 0 Å². The molecule has 0 amide bonds. The number of aryl methyl sites for hydroxylation is 2.